The Bertz CT molecular complexity index is 316. The number of benzene rings is 1. The Balaban J connectivity index is 2.91. The largest absolute Gasteiger partial charge is 0.351 e. The fourth-order valence-corrected chi connectivity index (χ4v) is 0.961. The van der Waals surface area contributed by atoms with Crippen molar-refractivity contribution in [1.82, 2.24) is 0 Å². The van der Waals surface area contributed by atoms with E-state index in [9.17, 15) is 4.79 Å². The van der Waals surface area contributed by atoms with Crippen molar-refractivity contribution >= 4 is 17.8 Å². The molecular formula is C10H12N2O. The molecule has 0 atom stereocenters. The average molecular weight is 176 g/mol. The van der Waals surface area contributed by atoms with Crippen LogP contribution in [0.3, 0.4) is 0 Å². The van der Waals surface area contributed by atoms with Crippen molar-refractivity contribution < 1.29 is 4.79 Å². The van der Waals surface area contributed by atoms with E-state index in [-0.39, 0.29) is 0 Å². The highest BCUT2D eigenvalue weighted by Crippen LogP contribution is 2.13. The number of hydrogen-bond donors (Lipinski definition) is 1. The molecule has 0 spiro atoms. The number of anilines is 1. The second-order valence-corrected chi connectivity index (χ2v) is 2.69. The van der Waals surface area contributed by atoms with Crippen LogP contribution in [-0.4, -0.2) is 13.1 Å². The molecule has 2 amide bonds. The third-order valence-electron chi connectivity index (χ3n) is 1.85. The molecule has 0 heterocycles. The standard InChI is InChI=1S/C10H12N2O/c1-3-8-4-6-9(7-5-8)12(2)10(11)13/h3-7H,1H2,2H3,(H2,11,13). The van der Waals surface area contributed by atoms with Gasteiger partial charge in [-0.05, 0) is 17.7 Å². The maximum Gasteiger partial charge on any atom is 0.318 e. The molecule has 0 saturated heterocycles. The Kier molecular flexibility index (Phi) is 2.69. The van der Waals surface area contributed by atoms with Gasteiger partial charge < -0.3 is 5.73 Å². The Hall–Kier alpha value is -1.77. The van der Waals surface area contributed by atoms with E-state index in [0.717, 1.165) is 11.3 Å². The zero-order valence-corrected chi connectivity index (χ0v) is 7.53. The van der Waals surface area contributed by atoms with Gasteiger partial charge >= 0.3 is 6.03 Å². The Morgan fingerprint density at radius 2 is 2.00 bits per heavy atom. The van der Waals surface area contributed by atoms with Crippen LogP contribution in [0.1, 0.15) is 5.56 Å². The van der Waals surface area contributed by atoms with Crippen LogP contribution >= 0.6 is 0 Å². The molecule has 68 valence electrons. The average Bonchev–Trinajstić information content (AvgIpc) is 2.17. The molecule has 0 aliphatic heterocycles. The molecule has 0 aliphatic rings. The Labute approximate surface area is 77.5 Å². The second-order valence-electron chi connectivity index (χ2n) is 2.69. The molecule has 3 nitrogen and oxygen atoms in total. The number of rotatable bonds is 2. The fourth-order valence-electron chi connectivity index (χ4n) is 0.961. The molecule has 0 saturated carbocycles. The molecule has 0 aromatic heterocycles. The summed E-state index contributed by atoms with van der Waals surface area (Å²) < 4.78 is 0. The number of carbonyl (C=O) groups is 1. The summed E-state index contributed by atoms with van der Waals surface area (Å²) in [5.74, 6) is 0. The van der Waals surface area contributed by atoms with E-state index < -0.39 is 6.03 Å². The van der Waals surface area contributed by atoms with Crippen molar-refractivity contribution in [2.75, 3.05) is 11.9 Å². The number of nitrogens with zero attached hydrogens (tertiary/aromatic N) is 1. The normalized spacial score (nSPS) is 9.31. The summed E-state index contributed by atoms with van der Waals surface area (Å²) in [6.45, 7) is 3.64. The second kappa shape index (κ2) is 3.76. The van der Waals surface area contributed by atoms with Crippen LogP contribution in [0.25, 0.3) is 6.08 Å². The van der Waals surface area contributed by atoms with Crippen LogP contribution in [0.5, 0.6) is 0 Å². The lowest BCUT2D eigenvalue weighted by Crippen LogP contribution is -2.31. The van der Waals surface area contributed by atoms with Crippen molar-refractivity contribution in [3.63, 3.8) is 0 Å². The maximum absolute atomic E-state index is 10.8. The quantitative estimate of drug-likeness (QED) is 0.734. The van der Waals surface area contributed by atoms with Gasteiger partial charge in [-0.15, -0.1) is 0 Å². The lowest BCUT2D eigenvalue weighted by Gasteiger charge is -2.13. The number of primary amides is 1. The van der Waals surface area contributed by atoms with Crippen molar-refractivity contribution in [2.24, 2.45) is 5.73 Å². The first-order chi connectivity index (χ1) is 6.15. The van der Waals surface area contributed by atoms with Gasteiger partial charge in [-0.1, -0.05) is 24.8 Å². The third kappa shape index (κ3) is 2.08. The van der Waals surface area contributed by atoms with Crippen LogP contribution < -0.4 is 10.6 Å². The van der Waals surface area contributed by atoms with Gasteiger partial charge in [0.05, 0.1) is 0 Å². The van der Waals surface area contributed by atoms with Crippen molar-refractivity contribution in [1.29, 1.82) is 0 Å². The summed E-state index contributed by atoms with van der Waals surface area (Å²) in [7, 11) is 1.63. The molecule has 3 heteroatoms. The van der Waals surface area contributed by atoms with Crippen LogP contribution in [0, 0.1) is 0 Å². The molecule has 0 unspecified atom stereocenters. The molecule has 0 radical (unpaired) electrons. The highest BCUT2D eigenvalue weighted by molar-refractivity contribution is 5.90. The van der Waals surface area contributed by atoms with Gasteiger partial charge in [-0.2, -0.15) is 0 Å². The Morgan fingerprint density at radius 1 is 1.46 bits per heavy atom. The summed E-state index contributed by atoms with van der Waals surface area (Å²) >= 11 is 0. The monoisotopic (exact) mass is 176 g/mol. The summed E-state index contributed by atoms with van der Waals surface area (Å²) in [5, 5.41) is 0. The number of hydrogen-bond acceptors (Lipinski definition) is 1. The number of urea groups is 1. The van der Waals surface area contributed by atoms with Gasteiger partial charge in [0.15, 0.2) is 0 Å². The SMILES string of the molecule is C=Cc1ccc(N(C)C(N)=O)cc1. The predicted molar refractivity (Wildman–Crippen MR) is 54.5 cm³/mol. The van der Waals surface area contributed by atoms with Gasteiger partial charge in [-0.25, -0.2) is 4.79 Å². The van der Waals surface area contributed by atoms with E-state index in [0.29, 0.717) is 0 Å². The minimum absolute atomic E-state index is 0.466. The van der Waals surface area contributed by atoms with Gasteiger partial charge in [0, 0.05) is 12.7 Å². The predicted octanol–water partition coefficient (Wildman–Crippen LogP) is 1.84. The smallest absolute Gasteiger partial charge is 0.318 e. The molecule has 13 heavy (non-hydrogen) atoms. The summed E-state index contributed by atoms with van der Waals surface area (Å²) in [6.07, 6.45) is 1.74. The van der Waals surface area contributed by atoms with E-state index in [1.807, 2.05) is 24.3 Å². The highest BCUT2D eigenvalue weighted by atomic mass is 16.2. The molecule has 0 aliphatic carbocycles. The third-order valence-corrected chi connectivity index (χ3v) is 1.85. The van der Waals surface area contributed by atoms with Crippen LogP contribution in [0.4, 0.5) is 10.5 Å². The summed E-state index contributed by atoms with van der Waals surface area (Å²) in [5.41, 5.74) is 6.90. The summed E-state index contributed by atoms with van der Waals surface area (Å²) in [4.78, 5) is 12.2. The molecule has 1 aromatic rings. The lowest BCUT2D eigenvalue weighted by molar-refractivity contribution is 0.255. The minimum atomic E-state index is -0.466. The van der Waals surface area contributed by atoms with E-state index in [2.05, 4.69) is 6.58 Å². The van der Waals surface area contributed by atoms with Gasteiger partial charge in [0.2, 0.25) is 0 Å². The fraction of sp³-hybridized carbons (Fsp3) is 0.100. The molecule has 0 bridgehead atoms. The zero-order chi connectivity index (χ0) is 9.84. The number of nitrogens with two attached hydrogens (primary N) is 1. The first-order valence-corrected chi connectivity index (χ1v) is 3.91. The molecule has 2 N–H and O–H groups in total. The highest BCUT2D eigenvalue weighted by Gasteiger charge is 2.04. The minimum Gasteiger partial charge on any atom is -0.351 e. The van der Waals surface area contributed by atoms with E-state index in [4.69, 9.17) is 5.73 Å². The van der Waals surface area contributed by atoms with Gasteiger partial charge in [0.25, 0.3) is 0 Å². The Morgan fingerprint density at radius 3 is 2.38 bits per heavy atom. The summed E-state index contributed by atoms with van der Waals surface area (Å²) in [6, 6.07) is 6.93. The van der Waals surface area contributed by atoms with E-state index >= 15 is 0 Å². The number of amides is 2. The zero-order valence-electron chi connectivity index (χ0n) is 7.53. The van der Waals surface area contributed by atoms with E-state index in [1.165, 1.54) is 4.90 Å². The van der Waals surface area contributed by atoms with Crippen molar-refractivity contribution in [3.8, 4) is 0 Å². The van der Waals surface area contributed by atoms with E-state index in [1.54, 1.807) is 13.1 Å². The maximum atomic E-state index is 10.8. The lowest BCUT2D eigenvalue weighted by atomic mass is 10.2. The first kappa shape index (κ1) is 9.32. The van der Waals surface area contributed by atoms with Crippen LogP contribution in [0.2, 0.25) is 0 Å². The van der Waals surface area contributed by atoms with Gasteiger partial charge in [-0.3, -0.25) is 4.90 Å². The molecule has 1 aromatic carbocycles. The molecular weight excluding hydrogens is 164 g/mol. The van der Waals surface area contributed by atoms with Crippen LogP contribution in [0.15, 0.2) is 30.8 Å². The van der Waals surface area contributed by atoms with Crippen molar-refractivity contribution in [2.45, 2.75) is 0 Å². The topological polar surface area (TPSA) is 46.3 Å². The number of carbonyl (C=O) groups excluding carboxylic acids is 1. The first-order valence-electron chi connectivity index (χ1n) is 3.91. The molecule has 1 rings (SSSR count). The molecule has 0 fully saturated rings. The van der Waals surface area contributed by atoms with Crippen molar-refractivity contribution in [3.05, 3.63) is 36.4 Å². The van der Waals surface area contributed by atoms with Crippen LogP contribution in [-0.2, 0) is 0 Å². The van der Waals surface area contributed by atoms with Gasteiger partial charge in [0.1, 0.15) is 0 Å².